The van der Waals surface area contributed by atoms with E-state index in [-0.39, 0.29) is 16.8 Å². The molecule has 0 aromatic heterocycles. The Balaban J connectivity index is 1.49. The number of carbonyl (C=O) groups excluding carboxylic acids is 1. The first-order valence-electron chi connectivity index (χ1n) is 12.0. The van der Waals surface area contributed by atoms with Crippen LogP contribution in [0.1, 0.15) is 54.1 Å². The van der Waals surface area contributed by atoms with Gasteiger partial charge in [-0.3, -0.25) is 9.69 Å². The molecule has 1 unspecified atom stereocenters. The van der Waals surface area contributed by atoms with Crippen molar-refractivity contribution in [3.63, 3.8) is 0 Å². The molecule has 2 fully saturated rings. The van der Waals surface area contributed by atoms with E-state index in [9.17, 15) is 13.2 Å². The molecule has 0 spiro atoms. The lowest BCUT2D eigenvalue weighted by molar-refractivity contribution is 0.0760. The summed E-state index contributed by atoms with van der Waals surface area (Å²) in [4.78, 5) is 17.9. The molecule has 1 amide bonds. The zero-order valence-corrected chi connectivity index (χ0v) is 20.6. The van der Waals surface area contributed by atoms with Crippen LogP contribution in [0.4, 0.5) is 0 Å². The Kier molecular flexibility index (Phi) is 7.51. The molecule has 0 bridgehead atoms. The van der Waals surface area contributed by atoms with Gasteiger partial charge in [-0.25, -0.2) is 8.42 Å². The summed E-state index contributed by atoms with van der Waals surface area (Å²) >= 11 is 0. The number of carbonyl (C=O) groups is 1. The fourth-order valence-corrected chi connectivity index (χ4v) is 6.63. The van der Waals surface area contributed by atoms with E-state index in [1.807, 2.05) is 24.8 Å². The summed E-state index contributed by atoms with van der Waals surface area (Å²) in [6.45, 7) is 8.35. The first-order chi connectivity index (χ1) is 15.9. The fourth-order valence-electron chi connectivity index (χ4n) is 4.90. The Labute approximate surface area is 198 Å². The number of nitrogens with zero attached hydrogens (tertiary/aromatic N) is 3. The predicted molar refractivity (Wildman–Crippen MR) is 131 cm³/mol. The summed E-state index contributed by atoms with van der Waals surface area (Å²) in [6.07, 6.45) is 3.72. The molecule has 2 heterocycles. The molecule has 6 nitrogen and oxygen atoms in total. The fraction of sp³-hybridized carbons (Fsp3) is 0.500. The van der Waals surface area contributed by atoms with Crippen molar-refractivity contribution in [1.82, 2.24) is 14.1 Å². The van der Waals surface area contributed by atoms with Crippen LogP contribution in [0.15, 0.2) is 53.4 Å². The van der Waals surface area contributed by atoms with E-state index in [2.05, 4.69) is 29.2 Å². The number of piperidine rings is 1. The van der Waals surface area contributed by atoms with Crippen LogP contribution in [0.2, 0.25) is 0 Å². The third-order valence-corrected chi connectivity index (χ3v) is 8.92. The maximum atomic E-state index is 13.5. The van der Waals surface area contributed by atoms with Crippen LogP contribution >= 0.6 is 0 Å². The van der Waals surface area contributed by atoms with Crippen molar-refractivity contribution in [2.75, 3.05) is 32.7 Å². The predicted octanol–water partition coefficient (Wildman–Crippen LogP) is 3.91. The molecule has 1 atom stereocenters. The maximum absolute atomic E-state index is 13.5. The van der Waals surface area contributed by atoms with E-state index >= 15 is 0 Å². The number of hydrogen-bond acceptors (Lipinski definition) is 4. The smallest absolute Gasteiger partial charge is 0.254 e. The van der Waals surface area contributed by atoms with Crippen LogP contribution in [0.25, 0.3) is 0 Å². The third kappa shape index (κ3) is 5.48. The molecule has 0 N–H and O–H groups in total. The van der Waals surface area contributed by atoms with Crippen LogP contribution in [-0.2, 0) is 16.6 Å². The molecule has 2 saturated heterocycles. The highest BCUT2D eigenvalue weighted by atomic mass is 32.2. The molecule has 0 radical (unpaired) electrons. The van der Waals surface area contributed by atoms with Crippen LogP contribution < -0.4 is 0 Å². The number of hydrogen-bond donors (Lipinski definition) is 0. The Morgan fingerprint density at radius 1 is 0.939 bits per heavy atom. The van der Waals surface area contributed by atoms with Crippen LogP contribution in [0.5, 0.6) is 0 Å². The summed E-state index contributed by atoms with van der Waals surface area (Å²) in [5, 5.41) is 0. The number of amides is 1. The highest BCUT2D eigenvalue weighted by molar-refractivity contribution is 7.89. The van der Waals surface area contributed by atoms with Crippen molar-refractivity contribution in [3.8, 4) is 0 Å². The Hall–Kier alpha value is -2.22. The van der Waals surface area contributed by atoms with Crippen molar-refractivity contribution in [3.05, 3.63) is 65.2 Å². The minimum Gasteiger partial charge on any atom is -0.337 e. The molecule has 0 saturated carbocycles. The summed E-state index contributed by atoms with van der Waals surface area (Å²) < 4.78 is 28.3. The quantitative estimate of drug-likeness (QED) is 0.666. The Morgan fingerprint density at radius 2 is 1.73 bits per heavy atom. The molecule has 2 aliphatic heterocycles. The molecule has 0 aliphatic carbocycles. The molecule has 2 aromatic rings. The van der Waals surface area contributed by atoms with Crippen LogP contribution in [-0.4, -0.2) is 67.2 Å². The summed E-state index contributed by atoms with van der Waals surface area (Å²) in [7, 11) is -3.61. The van der Waals surface area contributed by atoms with Crippen molar-refractivity contribution in [2.45, 2.75) is 57.0 Å². The number of aryl methyl sites for hydroxylation is 1. The van der Waals surface area contributed by atoms with Crippen LogP contribution in [0.3, 0.4) is 0 Å². The minimum absolute atomic E-state index is 0.00888. The van der Waals surface area contributed by atoms with Crippen molar-refractivity contribution < 1.29 is 13.2 Å². The first-order valence-corrected chi connectivity index (χ1v) is 13.5. The van der Waals surface area contributed by atoms with Gasteiger partial charge in [0.1, 0.15) is 0 Å². The van der Waals surface area contributed by atoms with Gasteiger partial charge in [0.05, 0.1) is 4.90 Å². The molecular weight excluding hydrogens is 434 g/mol. The van der Waals surface area contributed by atoms with Gasteiger partial charge in [0.25, 0.3) is 5.91 Å². The van der Waals surface area contributed by atoms with E-state index in [0.29, 0.717) is 25.2 Å². The lowest BCUT2D eigenvalue weighted by atomic mass is 10.1. The first kappa shape index (κ1) is 23.9. The van der Waals surface area contributed by atoms with Gasteiger partial charge in [-0.1, -0.05) is 42.8 Å². The largest absolute Gasteiger partial charge is 0.337 e. The maximum Gasteiger partial charge on any atom is 0.254 e. The van der Waals surface area contributed by atoms with E-state index < -0.39 is 10.0 Å². The van der Waals surface area contributed by atoms with E-state index in [1.165, 1.54) is 5.56 Å². The highest BCUT2D eigenvalue weighted by Gasteiger charge is 2.32. The SMILES string of the molecule is Cc1ccc(S(=O)(=O)N2CCCCC2C)cc1C(=O)N1CCCN(Cc2ccccc2)CC1. The average Bonchev–Trinajstić information content (AvgIpc) is 3.05. The lowest BCUT2D eigenvalue weighted by Gasteiger charge is -2.32. The lowest BCUT2D eigenvalue weighted by Crippen LogP contribution is -2.42. The zero-order chi connectivity index (χ0) is 23.4. The number of sulfonamides is 1. The van der Waals surface area contributed by atoms with E-state index in [0.717, 1.165) is 50.9 Å². The summed E-state index contributed by atoms with van der Waals surface area (Å²) in [5.74, 6) is -0.0715. The van der Waals surface area contributed by atoms with Crippen molar-refractivity contribution >= 4 is 15.9 Å². The van der Waals surface area contributed by atoms with Gasteiger partial charge in [0.15, 0.2) is 0 Å². The molecule has 4 rings (SSSR count). The topological polar surface area (TPSA) is 60.9 Å². The highest BCUT2D eigenvalue weighted by Crippen LogP contribution is 2.27. The van der Waals surface area contributed by atoms with Gasteiger partial charge >= 0.3 is 0 Å². The van der Waals surface area contributed by atoms with Gasteiger partial charge in [0, 0.05) is 50.9 Å². The summed E-state index contributed by atoms with van der Waals surface area (Å²) in [5.41, 5.74) is 2.59. The van der Waals surface area contributed by atoms with Gasteiger partial charge in [-0.05, 0) is 56.4 Å². The van der Waals surface area contributed by atoms with Crippen LogP contribution in [0, 0.1) is 6.92 Å². The number of rotatable bonds is 5. The van der Waals surface area contributed by atoms with E-state index in [4.69, 9.17) is 0 Å². The van der Waals surface area contributed by atoms with Gasteiger partial charge in [0.2, 0.25) is 10.0 Å². The van der Waals surface area contributed by atoms with Gasteiger partial charge in [-0.15, -0.1) is 0 Å². The molecule has 7 heteroatoms. The van der Waals surface area contributed by atoms with Crippen molar-refractivity contribution in [1.29, 1.82) is 0 Å². The monoisotopic (exact) mass is 469 g/mol. The second kappa shape index (κ2) is 10.4. The third-order valence-electron chi connectivity index (χ3n) is 6.91. The van der Waals surface area contributed by atoms with E-state index in [1.54, 1.807) is 22.5 Å². The average molecular weight is 470 g/mol. The Morgan fingerprint density at radius 3 is 2.48 bits per heavy atom. The zero-order valence-electron chi connectivity index (χ0n) is 19.7. The van der Waals surface area contributed by atoms with Gasteiger partial charge < -0.3 is 4.90 Å². The Bertz CT molecular complexity index is 1070. The molecule has 178 valence electrons. The second-order valence-electron chi connectivity index (χ2n) is 9.34. The number of benzene rings is 2. The molecule has 33 heavy (non-hydrogen) atoms. The second-order valence-corrected chi connectivity index (χ2v) is 11.2. The summed E-state index contributed by atoms with van der Waals surface area (Å²) in [6, 6.07) is 15.4. The molecular formula is C26H35N3O3S. The van der Waals surface area contributed by atoms with Gasteiger partial charge in [-0.2, -0.15) is 4.31 Å². The molecule has 2 aliphatic rings. The molecule has 2 aromatic carbocycles. The normalized spacial score (nSPS) is 21.0. The standard InChI is InChI=1S/C26H35N3O3S/c1-21-12-13-24(33(31,32)29-16-7-6-9-22(29)2)19-25(21)26(30)28-15-8-14-27(17-18-28)20-23-10-4-3-5-11-23/h3-5,10-13,19,22H,6-9,14-18,20H2,1-2H3. The van der Waals surface area contributed by atoms with Crippen molar-refractivity contribution in [2.24, 2.45) is 0 Å². The minimum atomic E-state index is -3.61.